The molecule has 2 rings (SSSR count). The van der Waals surface area contributed by atoms with Crippen LogP contribution in [0.25, 0.3) is 0 Å². The maximum absolute atomic E-state index is 11.4. The number of fused-ring (bicyclic) bond motifs is 1. The van der Waals surface area contributed by atoms with Crippen LogP contribution in [0.3, 0.4) is 0 Å². The highest BCUT2D eigenvalue weighted by atomic mass is 32.2. The van der Waals surface area contributed by atoms with Crippen LogP contribution in [-0.4, -0.2) is 24.5 Å². The van der Waals surface area contributed by atoms with Crippen LogP contribution in [0.5, 0.6) is 0 Å². The number of hydrogen-bond acceptors (Lipinski definition) is 3. The van der Waals surface area contributed by atoms with Crippen molar-refractivity contribution in [3.63, 3.8) is 0 Å². The molecule has 96 valence electrons. The fraction of sp³-hybridized carbons (Fsp3) is 0.667. The molecule has 0 spiro atoms. The molecule has 5 heteroatoms. The van der Waals surface area contributed by atoms with Crippen molar-refractivity contribution in [3.05, 3.63) is 23.5 Å². The van der Waals surface area contributed by atoms with Crippen molar-refractivity contribution in [1.82, 2.24) is 4.57 Å². The molecule has 0 radical (unpaired) electrons. The lowest BCUT2D eigenvalue weighted by Crippen LogP contribution is -2.15. The Hall–Kier alpha value is -0.810. The van der Waals surface area contributed by atoms with Crippen LogP contribution in [0.2, 0.25) is 0 Å². The van der Waals surface area contributed by atoms with Crippen LogP contribution in [0.1, 0.15) is 36.9 Å². The van der Waals surface area contributed by atoms with E-state index in [9.17, 15) is 8.42 Å². The van der Waals surface area contributed by atoms with Crippen molar-refractivity contribution in [2.75, 3.05) is 11.5 Å². The van der Waals surface area contributed by atoms with Crippen molar-refractivity contribution < 1.29 is 8.42 Å². The summed E-state index contributed by atoms with van der Waals surface area (Å²) < 4.78 is 24.9. The summed E-state index contributed by atoms with van der Waals surface area (Å²) in [5.74, 6) is 0.430. The highest BCUT2D eigenvalue weighted by Crippen LogP contribution is 2.28. The zero-order valence-electron chi connectivity index (χ0n) is 10.2. The first-order valence-corrected chi connectivity index (χ1v) is 7.98. The largest absolute Gasteiger partial charge is 0.353 e. The quantitative estimate of drug-likeness (QED) is 0.882. The second-order valence-corrected chi connectivity index (χ2v) is 7.18. The first kappa shape index (κ1) is 12.6. The predicted molar refractivity (Wildman–Crippen MR) is 68.6 cm³/mol. The summed E-state index contributed by atoms with van der Waals surface area (Å²) in [5.41, 5.74) is 8.52. The van der Waals surface area contributed by atoms with Gasteiger partial charge in [0.1, 0.15) is 0 Å². The number of sulfone groups is 1. The van der Waals surface area contributed by atoms with Gasteiger partial charge in [-0.05, 0) is 30.4 Å². The van der Waals surface area contributed by atoms with Gasteiger partial charge in [0.25, 0.3) is 0 Å². The predicted octanol–water partition coefficient (Wildman–Crippen LogP) is 1.26. The van der Waals surface area contributed by atoms with Gasteiger partial charge in [0.05, 0.1) is 5.75 Å². The van der Waals surface area contributed by atoms with Crippen molar-refractivity contribution in [1.29, 1.82) is 0 Å². The van der Waals surface area contributed by atoms with Gasteiger partial charge in [-0.3, -0.25) is 0 Å². The van der Waals surface area contributed by atoms with Gasteiger partial charge in [-0.15, -0.1) is 0 Å². The Morgan fingerprint density at radius 3 is 2.88 bits per heavy atom. The molecule has 0 fully saturated rings. The molecule has 1 unspecified atom stereocenters. The Labute approximate surface area is 103 Å². The molecular formula is C12H20N2O2S. The maximum atomic E-state index is 11.4. The van der Waals surface area contributed by atoms with Gasteiger partial charge in [-0.1, -0.05) is 6.92 Å². The molecule has 1 aromatic heterocycles. The second kappa shape index (κ2) is 4.82. The van der Waals surface area contributed by atoms with Crippen LogP contribution in [0.4, 0.5) is 0 Å². The van der Waals surface area contributed by atoms with Crippen LogP contribution >= 0.6 is 0 Å². The highest BCUT2D eigenvalue weighted by Gasteiger charge is 2.19. The normalized spacial score (nSPS) is 20.2. The summed E-state index contributed by atoms with van der Waals surface area (Å²) in [6, 6.07) is 0.128. The first-order chi connectivity index (χ1) is 8.02. The lowest BCUT2D eigenvalue weighted by molar-refractivity contribution is 0.573. The zero-order valence-corrected chi connectivity index (χ0v) is 11.0. The number of rotatable bonds is 4. The molecule has 0 amide bonds. The molecule has 2 N–H and O–H groups in total. The lowest BCUT2D eigenvalue weighted by Gasteiger charge is -2.17. The Morgan fingerprint density at radius 1 is 1.47 bits per heavy atom. The lowest BCUT2D eigenvalue weighted by atomic mass is 9.92. The van der Waals surface area contributed by atoms with Gasteiger partial charge in [-0.2, -0.15) is 0 Å². The molecule has 0 bridgehead atoms. The second-order valence-electron chi connectivity index (χ2n) is 4.71. The minimum atomic E-state index is -2.88. The van der Waals surface area contributed by atoms with E-state index in [1.54, 1.807) is 6.92 Å². The van der Waals surface area contributed by atoms with Gasteiger partial charge in [0.15, 0.2) is 9.84 Å². The molecule has 0 saturated heterocycles. The molecule has 1 atom stereocenters. The molecule has 17 heavy (non-hydrogen) atoms. The van der Waals surface area contributed by atoms with Gasteiger partial charge in [-0.25, -0.2) is 8.42 Å². The van der Waals surface area contributed by atoms with Crippen LogP contribution < -0.4 is 5.73 Å². The first-order valence-electron chi connectivity index (χ1n) is 6.16. The summed E-state index contributed by atoms with van der Waals surface area (Å²) in [7, 11) is -2.88. The summed E-state index contributed by atoms with van der Waals surface area (Å²) >= 11 is 0. The smallest absolute Gasteiger partial charge is 0.151 e. The average molecular weight is 256 g/mol. The van der Waals surface area contributed by atoms with Gasteiger partial charge in [0, 0.05) is 30.7 Å². The molecule has 4 nitrogen and oxygen atoms in total. The average Bonchev–Trinajstić information content (AvgIpc) is 2.71. The molecule has 0 aromatic carbocycles. The fourth-order valence-electron chi connectivity index (χ4n) is 2.30. The highest BCUT2D eigenvalue weighted by molar-refractivity contribution is 7.91. The van der Waals surface area contributed by atoms with Crippen molar-refractivity contribution in [2.45, 2.75) is 38.8 Å². The minimum Gasteiger partial charge on any atom is -0.353 e. The van der Waals surface area contributed by atoms with Crippen molar-refractivity contribution >= 4 is 9.84 Å². The monoisotopic (exact) mass is 256 g/mol. The molecule has 0 saturated carbocycles. The third kappa shape index (κ3) is 2.90. The Bertz CT molecular complexity index is 491. The van der Waals surface area contributed by atoms with E-state index in [-0.39, 0.29) is 17.5 Å². The van der Waals surface area contributed by atoms with Crippen molar-refractivity contribution in [2.24, 2.45) is 5.73 Å². The number of nitrogens with zero attached hydrogens (tertiary/aromatic N) is 1. The number of aryl methyl sites for hydroxylation is 2. The van der Waals surface area contributed by atoms with Gasteiger partial charge in [0.2, 0.25) is 0 Å². The molecule has 0 aliphatic heterocycles. The summed E-state index contributed by atoms with van der Waals surface area (Å²) in [4.78, 5) is 0. The SMILES string of the molecule is CCS(=O)(=O)CCn1cc2c(c1)C(N)CCC2. The van der Waals surface area contributed by atoms with Crippen LogP contribution in [0.15, 0.2) is 12.4 Å². The maximum Gasteiger partial charge on any atom is 0.151 e. The van der Waals surface area contributed by atoms with E-state index in [2.05, 4.69) is 6.20 Å². The molecule has 1 aliphatic rings. The van der Waals surface area contributed by atoms with E-state index >= 15 is 0 Å². The summed E-state index contributed by atoms with van der Waals surface area (Å²) in [5, 5.41) is 0. The van der Waals surface area contributed by atoms with Crippen molar-refractivity contribution in [3.8, 4) is 0 Å². The molecule has 1 aliphatic carbocycles. The molecular weight excluding hydrogens is 236 g/mol. The topological polar surface area (TPSA) is 65.1 Å². The summed E-state index contributed by atoms with van der Waals surface area (Å²) in [6.07, 6.45) is 7.30. The summed E-state index contributed by atoms with van der Waals surface area (Å²) in [6.45, 7) is 2.22. The number of nitrogens with two attached hydrogens (primary N) is 1. The van der Waals surface area contributed by atoms with E-state index in [1.807, 2.05) is 10.8 Å². The van der Waals surface area contributed by atoms with Crippen LogP contribution in [-0.2, 0) is 22.8 Å². The Kier molecular flexibility index (Phi) is 3.58. The van der Waals surface area contributed by atoms with E-state index < -0.39 is 9.84 Å². The standard InChI is InChI=1S/C12H20N2O2S/c1-2-17(15,16)7-6-14-8-10-4-3-5-12(13)11(10)9-14/h8-9,12H,2-7,13H2,1H3. The molecule has 1 heterocycles. The van der Waals surface area contributed by atoms with E-state index in [4.69, 9.17) is 5.73 Å². The Morgan fingerprint density at radius 2 is 2.24 bits per heavy atom. The number of aromatic nitrogens is 1. The van der Waals surface area contributed by atoms with Crippen LogP contribution in [0, 0.1) is 0 Å². The zero-order chi connectivity index (χ0) is 12.5. The van der Waals surface area contributed by atoms with E-state index in [0.717, 1.165) is 19.3 Å². The fourth-order valence-corrected chi connectivity index (χ4v) is 3.08. The number of hydrogen-bond donors (Lipinski definition) is 1. The van der Waals surface area contributed by atoms with E-state index in [1.165, 1.54) is 11.1 Å². The van der Waals surface area contributed by atoms with Gasteiger partial charge < -0.3 is 10.3 Å². The van der Waals surface area contributed by atoms with Gasteiger partial charge >= 0.3 is 0 Å². The molecule has 1 aromatic rings. The van der Waals surface area contributed by atoms with E-state index in [0.29, 0.717) is 6.54 Å². The Balaban J connectivity index is 2.08. The minimum absolute atomic E-state index is 0.128. The third-order valence-corrected chi connectivity index (χ3v) is 5.14. The third-order valence-electron chi connectivity index (χ3n) is 3.46.